The van der Waals surface area contributed by atoms with Gasteiger partial charge in [-0.25, -0.2) is 4.98 Å². The first-order valence-corrected chi connectivity index (χ1v) is 8.32. The van der Waals surface area contributed by atoms with Gasteiger partial charge in [-0.15, -0.1) is 0 Å². The van der Waals surface area contributed by atoms with Gasteiger partial charge in [0.2, 0.25) is 5.95 Å². The number of ether oxygens (including phenoxy) is 1. The van der Waals surface area contributed by atoms with Crippen molar-refractivity contribution in [2.45, 2.75) is 44.9 Å². The van der Waals surface area contributed by atoms with Gasteiger partial charge in [-0.2, -0.15) is 4.98 Å². The SMILES string of the molecule is CCCNc1cc(C2CCCC2)nc(N2CCOCC2)n1. The minimum Gasteiger partial charge on any atom is -0.378 e. The van der Waals surface area contributed by atoms with Crippen LogP contribution < -0.4 is 10.2 Å². The summed E-state index contributed by atoms with van der Waals surface area (Å²) in [4.78, 5) is 11.8. The highest BCUT2D eigenvalue weighted by Gasteiger charge is 2.22. The van der Waals surface area contributed by atoms with Crippen LogP contribution >= 0.6 is 0 Å². The van der Waals surface area contributed by atoms with E-state index in [2.05, 4.69) is 23.2 Å². The van der Waals surface area contributed by atoms with Crippen LogP contribution in [0.15, 0.2) is 6.07 Å². The highest BCUT2D eigenvalue weighted by atomic mass is 16.5. The molecule has 116 valence electrons. The summed E-state index contributed by atoms with van der Waals surface area (Å²) < 4.78 is 5.43. The van der Waals surface area contributed by atoms with Gasteiger partial charge in [0, 0.05) is 31.6 Å². The molecule has 1 saturated carbocycles. The molecule has 0 spiro atoms. The van der Waals surface area contributed by atoms with Crippen molar-refractivity contribution in [2.24, 2.45) is 0 Å². The fourth-order valence-corrected chi connectivity index (χ4v) is 3.13. The number of anilines is 2. The number of hydrogen-bond donors (Lipinski definition) is 1. The summed E-state index contributed by atoms with van der Waals surface area (Å²) in [6, 6.07) is 2.16. The Kier molecular flexibility index (Phi) is 4.91. The smallest absolute Gasteiger partial charge is 0.227 e. The average Bonchev–Trinajstić information content (AvgIpc) is 3.08. The first-order chi connectivity index (χ1) is 10.4. The largest absolute Gasteiger partial charge is 0.378 e. The lowest BCUT2D eigenvalue weighted by Crippen LogP contribution is -2.37. The van der Waals surface area contributed by atoms with E-state index in [-0.39, 0.29) is 0 Å². The minimum absolute atomic E-state index is 0.620. The molecule has 2 fully saturated rings. The Bertz CT molecular complexity index is 454. The van der Waals surface area contributed by atoms with E-state index in [1.807, 2.05) is 0 Å². The summed E-state index contributed by atoms with van der Waals surface area (Å²) in [5.74, 6) is 2.48. The maximum Gasteiger partial charge on any atom is 0.227 e. The van der Waals surface area contributed by atoms with Crippen molar-refractivity contribution >= 4 is 11.8 Å². The molecule has 1 aromatic rings. The average molecular weight is 290 g/mol. The number of rotatable bonds is 5. The first-order valence-electron chi connectivity index (χ1n) is 8.32. The van der Waals surface area contributed by atoms with Crippen LogP contribution in [0.25, 0.3) is 0 Å². The van der Waals surface area contributed by atoms with E-state index < -0.39 is 0 Å². The van der Waals surface area contributed by atoms with Gasteiger partial charge in [-0.05, 0) is 19.3 Å². The zero-order valence-electron chi connectivity index (χ0n) is 13.0. The summed E-state index contributed by atoms with van der Waals surface area (Å²) in [6.45, 7) is 6.46. The molecule has 1 aliphatic carbocycles. The predicted molar refractivity (Wildman–Crippen MR) is 85.1 cm³/mol. The Morgan fingerprint density at radius 3 is 2.71 bits per heavy atom. The third kappa shape index (κ3) is 3.64. The lowest BCUT2D eigenvalue weighted by Gasteiger charge is -2.27. The summed E-state index contributed by atoms with van der Waals surface area (Å²) in [5.41, 5.74) is 1.22. The summed E-state index contributed by atoms with van der Waals surface area (Å²) in [7, 11) is 0. The Morgan fingerprint density at radius 2 is 2.00 bits per heavy atom. The number of nitrogens with zero attached hydrogens (tertiary/aromatic N) is 3. The van der Waals surface area contributed by atoms with Crippen molar-refractivity contribution in [1.82, 2.24) is 9.97 Å². The molecule has 0 atom stereocenters. The molecule has 0 amide bonds. The second-order valence-corrected chi connectivity index (χ2v) is 5.99. The predicted octanol–water partition coefficient (Wildman–Crippen LogP) is 2.79. The minimum atomic E-state index is 0.620. The van der Waals surface area contributed by atoms with Crippen molar-refractivity contribution < 1.29 is 4.74 Å². The molecule has 0 radical (unpaired) electrons. The molecule has 2 aliphatic rings. The maximum absolute atomic E-state index is 5.43. The highest BCUT2D eigenvalue weighted by molar-refractivity contribution is 5.45. The van der Waals surface area contributed by atoms with Crippen LogP contribution in [0.1, 0.15) is 50.6 Å². The Balaban J connectivity index is 1.84. The lowest BCUT2D eigenvalue weighted by molar-refractivity contribution is 0.122. The van der Waals surface area contributed by atoms with E-state index in [1.165, 1.54) is 31.4 Å². The fraction of sp³-hybridized carbons (Fsp3) is 0.750. The molecule has 0 aromatic carbocycles. The van der Waals surface area contributed by atoms with E-state index in [9.17, 15) is 0 Å². The van der Waals surface area contributed by atoms with Crippen LogP contribution in [-0.4, -0.2) is 42.8 Å². The molecule has 2 heterocycles. The molecule has 0 bridgehead atoms. The molecule has 21 heavy (non-hydrogen) atoms. The summed E-state index contributed by atoms with van der Waals surface area (Å²) in [6.07, 6.45) is 6.31. The zero-order chi connectivity index (χ0) is 14.5. The van der Waals surface area contributed by atoms with Crippen LogP contribution in [0.5, 0.6) is 0 Å². The second kappa shape index (κ2) is 7.07. The zero-order valence-corrected chi connectivity index (χ0v) is 13.0. The molecule has 1 aliphatic heterocycles. The molecular weight excluding hydrogens is 264 g/mol. The molecule has 1 aromatic heterocycles. The lowest BCUT2D eigenvalue weighted by atomic mass is 10.0. The van der Waals surface area contributed by atoms with Crippen molar-refractivity contribution in [2.75, 3.05) is 43.1 Å². The van der Waals surface area contributed by atoms with Crippen LogP contribution in [0.4, 0.5) is 11.8 Å². The summed E-state index contributed by atoms with van der Waals surface area (Å²) in [5, 5.41) is 3.43. The number of hydrogen-bond acceptors (Lipinski definition) is 5. The molecule has 5 heteroatoms. The van der Waals surface area contributed by atoms with Crippen molar-refractivity contribution in [3.05, 3.63) is 11.8 Å². The van der Waals surface area contributed by atoms with Gasteiger partial charge in [-0.1, -0.05) is 19.8 Å². The van der Waals surface area contributed by atoms with E-state index in [0.717, 1.165) is 51.0 Å². The molecule has 3 rings (SSSR count). The third-order valence-corrected chi connectivity index (χ3v) is 4.36. The van der Waals surface area contributed by atoms with Gasteiger partial charge in [0.05, 0.1) is 18.9 Å². The van der Waals surface area contributed by atoms with Crippen molar-refractivity contribution in [3.8, 4) is 0 Å². The Hall–Kier alpha value is -1.36. The van der Waals surface area contributed by atoms with Gasteiger partial charge in [-0.3, -0.25) is 0 Å². The first kappa shape index (κ1) is 14.6. The van der Waals surface area contributed by atoms with E-state index in [0.29, 0.717) is 5.92 Å². The monoisotopic (exact) mass is 290 g/mol. The van der Waals surface area contributed by atoms with E-state index in [4.69, 9.17) is 14.7 Å². The summed E-state index contributed by atoms with van der Waals surface area (Å²) >= 11 is 0. The number of aromatic nitrogens is 2. The van der Waals surface area contributed by atoms with Gasteiger partial charge >= 0.3 is 0 Å². The third-order valence-electron chi connectivity index (χ3n) is 4.36. The fourth-order valence-electron chi connectivity index (χ4n) is 3.13. The van der Waals surface area contributed by atoms with Crippen LogP contribution in [0.2, 0.25) is 0 Å². The highest BCUT2D eigenvalue weighted by Crippen LogP contribution is 2.34. The molecule has 1 saturated heterocycles. The van der Waals surface area contributed by atoms with Crippen LogP contribution in [-0.2, 0) is 4.74 Å². The second-order valence-electron chi connectivity index (χ2n) is 5.99. The van der Waals surface area contributed by atoms with E-state index >= 15 is 0 Å². The van der Waals surface area contributed by atoms with Crippen molar-refractivity contribution in [3.63, 3.8) is 0 Å². The maximum atomic E-state index is 5.43. The number of morpholine rings is 1. The van der Waals surface area contributed by atoms with E-state index in [1.54, 1.807) is 0 Å². The van der Waals surface area contributed by atoms with Gasteiger partial charge in [0.15, 0.2) is 0 Å². The number of nitrogens with one attached hydrogen (secondary N) is 1. The normalized spacial score (nSPS) is 20.0. The quantitative estimate of drug-likeness (QED) is 0.903. The molecule has 0 unspecified atom stereocenters. The standard InChI is InChI=1S/C16H26N4O/c1-2-7-17-15-12-14(13-5-3-4-6-13)18-16(19-15)20-8-10-21-11-9-20/h12-13H,2-11H2,1H3,(H,17,18,19). The van der Waals surface area contributed by atoms with Gasteiger partial charge in [0.1, 0.15) is 5.82 Å². The molecular formula is C16H26N4O. The van der Waals surface area contributed by atoms with Gasteiger partial charge < -0.3 is 15.0 Å². The molecule has 1 N–H and O–H groups in total. The topological polar surface area (TPSA) is 50.3 Å². The van der Waals surface area contributed by atoms with Gasteiger partial charge in [0.25, 0.3) is 0 Å². The van der Waals surface area contributed by atoms with Crippen LogP contribution in [0.3, 0.4) is 0 Å². The van der Waals surface area contributed by atoms with Crippen molar-refractivity contribution in [1.29, 1.82) is 0 Å². The van der Waals surface area contributed by atoms with Crippen LogP contribution in [0, 0.1) is 0 Å². The Morgan fingerprint density at radius 1 is 1.24 bits per heavy atom. The molecule has 5 nitrogen and oxygen atoms in total. The Labute approximate surface area is 127 Å².